The molecule has 22 heavy (non-hydrogen) atoms. The zero-order valence-electron chi connectivity index (χ0n) is 13.5. The molecular weight excluding hydrogens is 409 g/mol. The summed E-state index contributed by atoms with van der Waals surface area (Å²) in [5, 5.41) is 3.47. The molecular formula is C16H26IN3OS. The van der Waals surface area contributed by atoms with E-state index in [1.165, 1.54) is 27.0 Å². The minimum atomic E-state index is 0.808. The number of nitrogens with one attached hydrogen (secondary N) is 1. The van der Waals surface area contributed by atoms with Crippen LogP contribution in [0.25, 0.3) is 0 Å². The number of guanidine groups is 1. The minimum Gasteiger partial charge on any atom is -0.381 e. The number of nitrogens with zero attached hydrogens (tertiary/aromatic N) is 2. The predicted molar refractivity (Wildman–Crippen MR) is 103 cm³/mol. The summed E-state index contributed by atoms with van der Waals surface area (Å²) in [5.74, 6) is 1.81. The summed E-state index contributed by atoms with van der Waals surface area (Å²) in [6.07, 6.45) is 4.69. The third kappa shape index (κ3) is 6.04. The fourth-order valence-electron chi connectivity index (χ4n) is 2.69. The van der Waals surface area contributed by atoms with Gasteiger partial charge in [-0.05, 0) is 66.3 Å². The van der Waals surface area contributed by atoms with E-state index in [1.807, 2.05) is 18.4 Å². The number of rotatable bonds is 6. The van der Waals surface area contributed by atoms with Crippen molar-refractivity contribution in [2.24, 2.45) is 10.9 Å². The van der Waals surface area contributed by atoms with Gasteiger partial charge in [-0.1, -0.05) is 0 Å². The average Bonchev–Trinajstić information content (AvgIpc) is 2.95. The Morgan fingerprint density at radius 3 is 2.86 bits per heavy atom. The Bertz CT molecular complexity index is 472. The fraction of sp³-hybridized carbons (Fsp3) is 0.688. The number of hydrogen-bond acceptors (Lipinski definition) is 3. The molecule has 2 heterocycles. The second-order valence-electron chi connectivity index (χ2n) is 5.70. The van der Waals surface area contributed by atoms with Crippen molar-refractivity contribution in [3.63, 3.8) is 0 Å². The maximum absolute atomic E-state index is 5.42. The largest absolute Gasteiger partial charge is 0.381 e. The lowest BCUT2D eigenvalue weighted by molar-refractivity contribution is 0.0625. The molecule has 1 aliphatic rings. The van der Waals surface area contributed by atoms with Crippen molar-refractivity contribution in [2.75, 3.05) is 40.4 Å². The van der Waals surface area contributed by atoms with Gasteiger partial charge >= 0.3 is 0 Å². The normalized spacial score (nSPS) is 16.8. The summed E-state index contributed by atoms with van der Waals surface area (Å²) >= 11 is 4.24. The van der Waals surface area contributed by atoms with Crippen molar-refractivity contribution in [3.8, 4) is 0 Å². The first-order valence-electron chi connectivity index (χ1n) is 7.92. The molecule has 124 valence electrons. The van der Waals surface area contributed by atoms with Crippen LogP contribution >= 0.6 is 33.9 Å². The monoisotopic (exact) mass is 435 g/mol. The highest BCUT2D eigenvalue weighted by molar-refractivity contribution is 14.1. The molecule has 1 aromatic heterocycles. The van der Waals surface area contributed by atoms with Crippen LogP contribution in [0.5, 0.6) is 0 Å². The lowest BCUT2D eigenvalue weighted by Crippen LogP contribution is -2.40. The van der Waals surface area contributed by atoms with Crippen molar-refractivity contribution in [2.45, 2.75) is 25.7 Å². The van der Waals surface area contributed by atoms with Gasteiger partial charge in [0.15, 0.2) is 5.96 Å². The van der Waals surface area contributed by atoms with Gasteiger partial charge in [-0.3, -0.25) is 4.99 Å². The van der Waals surface area contributed by atoms with Crippen LogP contribution in [-0.4, -0.2) is 51.3 Å². The Hall–Kier alpha value is -0.340. The van der Waals surface area contributed by atoms with E-state index in [2.05, 4.69) is 57.0 Å². The molecule has 0 spiro atoms. The van der Waals surface area contributed by atoms with Crippen molar-refractivity contribution in [3.05, 3.63) is 19.9 Å². The van der Waals surface area contributed by atoms with E-state index in [4.69, 9.17) is 4.74 Å². The van der Waals surface area contributed by atoms with Crippen molar-refractivity contribution < 1.29 is 4.74 Å². The van der Waals surface area contributed by atoms with Gasteiger partial charge in [0.2, 0.25) is 0 Å². The molecule has 1 aliphatic heterocycles. The summed E-state index contributed by atoms with van der Waals surface area (Å²) in [5.41, 5.74) is 0. The molecule has 2 rings (SSSR count). The molecule has 0 aliphatic carbocycles. The highest BCUT2D eigenvalue weighted by Gasteiger charge is 2.15. The fourth-order valence-corrected chi connectivity index (χ4v) is 4.44. The SMILES string of the molecule is CN=C(NCCc1ccc(I)s1)N(C)CCC1CCOCC1. The molecule has 0 saturated carbocycles. The third-order valence-electron chi connectivity index (χ3n) is 4.07. The molecule has 1 N–H and O–H groups in total. The molecule has 1 saturated heterocycles. The summed E-state index contributed by atoms with van der Waals surface area (Å²) in [7, 11) is 3.99. The molecule has 6 heteroatoms. The van der Waals surface area contributed by atoms with Crippen molar-refractivity contribution >= 4 is 39.9 Å². The maximum Gasteiger partial charge on any atom is 0.193 e. The van der Waals surface area contributed by atoms with E-state index >= 15 is 0 Å². The van der Waals surface area contributed by atoms with Gasteiger partial charge in [-0.15, -0.1) is 11.3 Å². The summed E-state index contributed by atoms with van der Waals surface area (Å²) in [6.45, 7) is 3.86. The Morgan fingerprint density at radius 1 is 1.45 bits per heavy atom. The zero-order chi connectivity index (χ0) is 15.8. The molecule has 0 bridgehead atoms. The van der Waals surface area contributed by atoms with E-state index < -0.39 is 0 Å². The number of thiophene rings is 1. The van der Waals surface area contributed by atoms with Crippen LogP contribution in [-0.2, 0) is 11.2 Å². The summed E-state index contributed by atoms with van der Waals surface area (Å²) in [6, 6.07) is 4.39. The van der Waals surface area contributed by atoms with Gasteiger partial charge in [-0.2, -0.15) is 0 Å². The van der Waals surface area contributed by atoms with E-state index in [9.17, 15) is 0 Å². The Labute approximate surface area is 151 Å². The molecule has 1 fully saturated rings. The van der Waals surface area contributed by atoms with Gasteiger partial charge in [0.1, 0.15) is 0 Å². The zero-order valence-corrected chi connectivity index (χ0v) is 16.5. The van der Waals surface area contributed by atoms with Crippen LogP contribution in [0.1, 0.15) is 24.1 Å². The Balaban J connectivity index is 1.68. The highest BCUT2D eigenvalue weighted by atomic mass is 127. The maximum atomic E-state index is 5.42. The van der Waals surface area contributed by atoms with E-state index in [0.717, 1.165) is 44.6 Å². The van der Waals surface area contributed by atoms with Crippen LogP contribution in [0.15, 0.2) is 17.1 Å². The number of hydrogen-bond donors (Lipinski definition) is 1. The Morgan fingerprint density at radius 2 is 2.23 bits per heavy atom. The van der Waals surface area contributed by atoms with Crippen molar-refractivity contribution in [1.29, 1.82) is 0 Å². The lowest BCUT2D eigenvalue weighted by Gasteiger charge is -2.26. The lowest BCUT2D eigenvalue weighted by atomic mass is 9.96. The summed E-state index contributed by atoms with van der Waals surface area (Å²) in [4.78, 5) is 8.07. The molecule has 4 nitrogen and oxygen atoms in total. The Kier molecular flexibility index (Phi) is 7.96. The van der Waals surface area contributed by atoms with Crippen LogP contribution in [0, 0.1) is 8.80 Å². The van der Waals surface area contributed by atoms with Crippen LogP contribution in [0.2, 0.25) is 0 Å². The van der Waals surface area contributed by atoms with Crippen LogP contribution in [0.4, 0.5) is 0 Å². The molecule has 0 amide bonds. The van der Waals surface area contributed by atoms with Crippen molar-refractivity contribution in [1.82, 2.24) is 10.2 Å². The first-order valence-corrected chi connectivity index (χ1v) is 9.82. The second kappa shape index (κ2) is 9.72. The first-order chi connectivity index (χ1) is 10.7. The molecule has 0 aromatic carbocycles. The van der Waals surface area contributed by atoms with E-state index in [-0.39, 0.29) is 0 Å². The van der Waals surface area contributed by atoms with Crippen LogP contribution < -0.4 is 5.32 Å². The quantitative estimate of drug-likeness (QED) is 0.424. The standard InChI is InChI=1S/C16H26IN3OS/c1-18-16(19-9-5-14-3-4-15(17)22-14)20(2)10-6-13-7-11-21-12-8-13/h3-4,13H,5-12H2,1-2H3,(H,18,19). The van der Waals surface area contributed by atoms with Gasteiger partial charge in [0, 0.05) is 45.3 Å². The van der Waals surface area contributed by atoms with Crippen LogP contribution in [0.3, 0.4) is 0 Å². The molecule has 0 atom stereocenters. The van der Waals surface area contributed by atoms with E-state index in [0.29, 0.717) is 0 Å². The van der Waals surface area contributed by atoms with Gasteiger partial charge in [0.25, 0.3) is 0 Å². The smallest absolute Gasteiger partial charge is 0.193 e. The molecule has 0 unspecified atom stereocenters. The number of halogens is 1. The highest BCUT2D eigenvalue weighted by Crippen LogP contribution is 2.19. The molecule has 1 aromatic rings. The summed E-state index contributed by atoms with van der Waals surface area (Å²) < 4.78 is 6.78. The third-order valence-corrected chi connectivity index (χ3v) is 6.02. The molecule has 0 radical (unpaired) electrons. The average molecular weight is 435 g/mol. The second-order valence-corrected chi connectivity index (χ2v) is 8.76. The van der Waals surface area contributed by atoms with Gasteiger partial charge in [-0.25, -0.2) is 0 Å². The first kappa shape index (κ1) is 18.0. The van der Waals surface area contributed by atoms with E-state index in [1.54, 1.807) is 0 Å². The predicted octanol–water partition coefficient (Wildman–Crippen LogP) is 3.22. The number of aliphatic imine (C=N–C) groups is 1. The number of ether oxygens (including phenoxy) is 1. The van der Waals surface area contributed by atoms with Gasteiger partial charge < -0.3 is 15.0 Å². The topological polar surface area (TPSA) is 36.9 Å². The van der Waals surface area contributed by atoms with Gasteiger partial charge in [0.05, 0.1) is 2.88 Å². The minimum absolute atomic E-state index is 0.808.